The molecule has 0 amide bonds. The Kier molecular flexibility index (Phi) is 4.97. The molecule has 3 N–H and O–H groups in total. The van der Waals surface area contributed by atoms with Crippen LogP contribution in [0.5, 0.6) is 5.75 Å². The molecule has 1 fully saturated rings. The third-order valence-electron chi connectivity index (χ3n) is 3.65. The van der Waals surface area contributed by atoms with Crippen molar-refractivity contribution in [3.05, 3.63) is 33.9 Å². The van der Waals surface area contributed by atoms with Gasteiger partial charge in [-0.1, -0.05) is 18.0 Å². The summed E-state index contributed by atoms with van der Waals surface area (Å²) in [5, 5.41) is 22.7. The van der Waals surface area contributed by atoms with E-state index in [9.17, 15) is 10.1 Å². The van der Waals surface area contributed by atoms with E-state index in [-0.39, 0.29) is 28.9 Å². The molecule has 0 aliphatic heterocycles. The number of hydrogen-bond acceptors (Lipinski definition) is 5. The average Bonchev–Trinajstić information content (AvgIpc) is 2.75. The van der Waals surface area contributed by atoms with Crippen molar-refractivity contribution in [2.75, 3.05) is 0 Å². The second-order valence-electron chi connectivity index (χ2n) is 5.16. The molecule has 0 radical (unpaired) electrons. The maximum atomic E-state index is 11.2. The van der Waals surface area contributed by atoms with Crippen LogP contribution in [0.1, 0.15) is 44.1 Å². The van der Waals surface area contributed by atoms with Gasteiger partial charge in [0.2, 0.25) is 0 Å². The van der Waals surface area contributed by atoms with E-state index in [0.717, 1.165) is 25.7 Å². The number of nitrogens with zero attached hydrogens (tertiary/aromatic N) is 2. The molecule has 0 unspecified atom stereocenters. The minimum absolute atomic E-state index is 0.0147. The Labute approximate surface area is 122 Å². The Morgan fingerprint density at radius 3 is 2.57 bits per heavy atom. The fourth-order valence-electron chi connectivity index (χ4n) is 2.52. The Morgan fingerprint density at radius 2 is 2.00 bits per heavy atom. The number of nitro benzene ring substituents is 1. The van der Waals surface area contributed by atoms with Crippen LogP contribution in [0.15, 0.2) is 23.4 Å². The normalized spacial score (nSPS) is 17.2. The molecule has 0 saturated heterocycles. The van der Waals surface area contributed by atoms with Crippen molar-refractivity contribution in [1.82, 2.24) is 0 Å². The first-order chi connectivity index (χ1) is 10.1. The highest BCUT2D eigenvalue weighted by Gasteiger charge is 2.21. The Bertz CT molecular complexity index is 537. The predicted octanol–water partition coefficient (Wildman–Crippen LogP) is 2.79. The molecule has 0 spiro atoms. The summed E-state index contributed by atoms with van der Waals surface area (Å²) >= 11 is 0. The van der Waals surface area contributed by atoms with Gasteiger partial charge in [0.15, 0.2) is 11.6 Å². The van der Waals surface area contributed by atoms with Gasteiger partial charge in [0.1, 0.15) is 0 Å². The van der Waals surface area contributed by atoms with E-state index >= 15 is 0 Å². The smallest absolute Gasteiger partial charge is 0.311 e. The number of amidine groups is 1. The molecule has 1 saturated carbocycles. The van der Waals surface area contributed by atoms with Crippen LogP contribution in [-0.2, 0) is 0 Å². The number of ether oxygens (including phenoxy) is 1. The first-order valence-electron chi connectivity index (χ1n) is 7.05. The highest BCUT2D eigenvalue weighted by atomic mass is 16.6. The number of nitrogens with two attached hydrogens (primary N) is 1. The third-order valence-corrected chi connectivity index (χ3v) is 3.65. The number of benzene rings is 1. The van der Waals surface area contributed by atoms with E-state index in [1.54, 1.807) is 6.07 Å². The van der Waals surface area contributed by atoms with Crippen LogP contribution >= 0.6 is 0 Å². The van der Waals surface area contributed by atoms with Crippen molar-refractivity contribution in [2.45, 2.75) is 44.6 Å². The summed E-state index contributed by atoms with van der Waals surface area (Å²) in [6.07, 6.45) is 6.38. The highest BCUT2D eigenvalue weighted by molar-refractivity contribution is 5.97. The van der Waals surface area contributed by atoms with Crippen molar-refractivity contribution in [2.24, 2.45) is 10.9 Å². The summed E-state index contributed by atoms with van der Waals surface area (Å²) < 4.78 is 5.81. The maximum absolute atomic E-state index is 11.2. The predicted molar refractivity (Wildman–Crippen MR) is 77.7 cm³/mol. The number of oxime groups is 1. The van der Waals surface area contributed by atoms with E-state index in [4.69, 9.17) is 15.7 Å². The van der Waals surface area contributed by atoms with Crippen LogP contribution < -0.4 is 10.5 Å². The minimum Gasteiger partial charge on any atom is -0.484 e. The second kappa shape index (κ2) is 6.92. The zero-order valence-electron chi connectivity index (χ0n) is 11.7. The van der Waals surface area contributed by atoms with Crippen LogP contribution in [-0.4, -0.2) is 22.1 Å². The molecular formula is C14H19N3O4. The summed E-state index contributed by atoms with van der Waals surface area (Å²) in [7, 11) is 0. The van der Waals surface area contributed by atoms with Crippen molar-refractivity contribution in [3.8, 4) is 5.75 Å². The topological polar surface area (TPSA) is 111 Å². The van der Waals surface area contributed by atoms with Gasteiger partial charge in [0, 0.05) is 11.6 Å². The van der Waals surface area contributed by atoms with Gasteiger partial charge in [-0.05, 0) is 37.8 Å². The molecule has 7 nitrogen and oxygen atoms in total. The summed E-state index contributed by atoms with van der Waals surface area (Å²) in [6, 6.07) is 4.32. The van der Waals surface area contributed by atoms with Gasteiger partial charge in [-0.2, -0.15) is 0 Å². The molecule has 114 valence electrons. The average molecular weight is 293 g/mol. The second-order valence-corrected chi connectivity index (χ2v) is 5.16. The first-order valence-corrected chi connectivity index (χ1v) is 7.05. The van der Waals surface area contributed by atoms with E-state index in [1.807, 2.05) is 0 Å². The molecule has 0 atom stereocenters. The standard InChI is InChI=1S/C14H19N3O4/c15-14(16-18)10-7-8-13(12(9-10)17(19)20)21-11-5-3-1-2-4-6-11/h7-9,11,18H,1-6H2,(H2,15,16). The summed E-state index contributed by atoms with van der Waals surface area (Å²) in [5.74, 6) is 0.0699. The van der Waals surface area contributed by atoms with Crippen molar-refractivity contribution in [3.63, 3.8) is 0 Å². The first kappa shape index (κ1) is 15.1. The summed E-state index contributed by atoms with van der Waals surface area (Å²) in [4.78, 5) is 10.7. The fraction of sp³-hybridized carbons (Fsp3) is 0.500. The molecule has 2 rings (SSSR count). The molecule has 0 aromatic heterocycles. The van der Waals surface area contributed by atoms with Crippen LogP contribution in [0.25, 0.3) is 0 Å². The van der Waals surface area contributed by atoms with Crippen LogP contribution in [0.3, 0.4) is 0 Å². The SMILES string of the molecule is NC(=NO)c1ccc(OC2CCCCCC2)c([N+](=O)[O-])c1. The van der Waals surface area contributed by atoms with Gasteiger partial charge in [0.05, 0.1) is 11.0 Å². The fourth-order valence-corrected chi connectivity index (χ4v) is 2.52. The number of nitro groups is 1. The highest BCUT2D eigenvalue weighted by Crippen LogP contribution is 2.31. The molecule has 1 aromatic carbocycles. The quantitative estimate of drug-likeness (QED) is 0.221. The lowest BCUT2D eigenvalue weighted by atomic mass is 10.1. The summed E-state index contributed by atoms with van der Waals surface area (Å²) in [5.41, 5.74) is 5.58. The van der Waals surface area contributed by atoms with E-state index in [1.165, 1.54) is 25.0 Å². The molecule has 1 aromatic rings. The molecule has 1 aliphatic carbocycles. The molecule has 0 heterocycles. The lowest BCUT2D eigenvalue weighted by molar-refractivity contribution is -0.386. The van der Waals surface area contributed by atoms with Gasteiger partial charge in [-0.25, -0.2) is 0 Å². The van der Waals surface area contributed by atoms with Gasteiger partial charge < -0.3 is 15.7 Å². The molecule has 0 bridgehead atoms. The van der Waals surface area contributed by atoms with Crippen LogP contribution in [0, 0.1) is 10.1 Å². The van der Waals surface area contributed by atoms with Gasteiger partial charge in [0.25, 0.3) is 0 Å². The molecule has 1 aliphatic rings. The molecular weight excluding hydrogens is 274 g/mol. The van der Waals surface area contributed by atoms with Crippen molar-refractivity contribution in [1.29, 1.82) is 0 Å². The van der Waals surface area contributed by atoms with Crippen molar-refractivity contribution >= 4 is 11.5 Å². The Balaban J connectivity index is 2.23. The van der Waals surface area contributed by atoms with E-state index in [2.05, 4.69) is 5.16 Å². The number of rotatable bonds is 4. The number of hydrogen-bond donors (Lipinski definition) is 2. The monoisotopic (exact) mass is 293 g/mol. The van der Waals surface area contributed by atoms with Crippen LogP contribution in [0.4, 0.5) is 5.69 Å². The molecule has 7 heteroatoms. The van der Waals surface area contributed by atoms with Gasteiger partial charge in [-0.15, -0.1) is 0 Å². The van der Waals surface area contributed by atoms with Crippen LogP contribution in [0.2, 0.25) is 0 Å². The van der Waals surface area contributed by atoms with E-state index in [0.29, 0.717) is 0 Å². The summed E-state index contributed by atoms with van der Waals surface area (Å²) in [6.45, 7) is 0. The maximum Gasteiger partial charge on any atom is 0.311 e. The van der Waals surface area contributed by atoms with Gasteiger partial charge >= 0.3 is 5.69 Å². The van der Waals surface area contributed by atoms with Gasteiger partial charge in [-0.3, -0.25) is 10.1 Å². The Hall–Kier alpha value is -2.31. The third kappa shape index (κ3) is 3.84. The lowest BCUT2D eigenvalue weighted by Gasteiger charge is -2.17. The largest absolute Gasteiger partial charge is 0.484 e. The molecule has 21 heavy (non-hydrogen) atoms. The zero-order valence-corrected chi connectivity index (χ0v) is 11.7. The van der Waals surface area contributed by atoms with E-state index < -0.39 is 4.92 Å². The van der Waals surface area contributed by atoms with Crippen molar-refractivity contribution < 1.29 is 14.9 Å². The lowest BCUT2D eigenvalue weighted by Crippen LogP contribution is -2.17. The minimum atomic E-state index is -0.514. The Morgan fingerprint density at radius 1 is 1.33 bits per heavy atom. The zero-order chi connectivity index (χ0) is 15.2.